The van der Waals surface area contributed by atoms with Gasteiger partial charge in [0.1, 0.15) is 0 Å². The first-order chi connectivity index (χ1) is 5.36. The normalized spacial score (nSPS) is 32.9. The molecule has 0 bridgehead atoms. The van der Waals surface area contributed by atoms with E-state index in [1.807, 2.05) is 20.1 Å². The fourth-order valence-electron chi connectivity index (χ4n) is 1.75. The van der Waals surface area contributed by atoms with E-state index in [0.717, 1.165) is 0 Å². The molecular formula is C10H17O. The Labute approximate surface area is 69.4 Å². The van der Waals surface area contributed by atoms with E-state index in [4.69, 9.17) is 4.74 Å². The molecule has 0 amide bonds. The third-order valence-corrected chi connectivity index (χ3v) is 2.36. The molecule has 1 radical (unpaired) electrons. The molecule has 2 unspecified atom stereocenters. The minimum atomic E-state index is 0.487. The zero-order chi connectivity index (χ0) is 8.10. The largest absolute Gasteiger partial charge is 0.381 e. The van der Waals surface area contributed by atoms with Crippen LogP contribution >= 0.6 is 0 Å². The Hall–Kier alpha value is -0.300. The minimum absolute atomic E-state index is 0.487. The van der Waals surface area contributed by atoms with Gasteiger partial charge >= 0.3 is 0 Å². The van der Waals surface area contributed by atoms with Crippen LogP contribution in [0.3, 0.4) is 0 Å². The number of allylic oxidation sites excluding steroid dienone is 2. The minimum Gasteiger partial charge on any atom is -0.381 e. The molecule has 2 atom stereocenters. The summed E-state index contributed by atoms with van der Waals surface area (Å²) in [5.41, 5.74) is 0. The van der Waals surface area contributed by atoms with Gasteiger partial charge in [-0.05, 0) is 38.2 Å². The SMILES string of the molecule is C/C=[C]/C1CCCC(OC)C1. The molecule has 1 heteroatoms. The molecular weight excluding hydrogens is 136 g/mol. The average Bonchev–Trinajstić information content (AvgIpc) is 2.06. The first kappa shape index (κ1) is 8.79. The van der Waals surface area contributed by atoms with Crippen molar-refractivity contribution in [1.29, 1.82) is 0 Å². The fraction of sp³-hybridized carbons (Fsp3) is 0.800. The summed E-state index contributed by atoms with van der Waals surface area (Å²) in [6.45, 7) is 2.04. The topological polar surface area (TPSA) is 9.23 Å². The van der Waals surface area contributed by atoms with Gasteiger partial charge in [-0.25, -0.2) is 0 Å². The molecule has 0 spiro atoms. The molecule has 1 saturated carbocycles. The van der Waals surface area contributed by atoms with E-state index < -0.39 is 0 Å². The van der Waals surface area contributed by atoms with E-state index in [1.165, 1.54) is 25.7 Å². The number of ether oxygens (including phenoxy) is 1. The Morgan fingerprint density at radius 3 is 2.91 bits per heavy atom. The van der Waals surface area contributed by atoms with Crippen molar-refractivity contribution in [2.75, 3.05) is 7.11 Å². The van der Waals surface area contributed by atoms with E-state index >= 15 is 0 Å². The molecule has 0 saturated heterocycles. The molecule has 63 valence electrons. The Balaban J connectivity index is 2.33. The maximum Gasteiger partial charge on any atom is 0.0577 e. The molecule has 1 fully saturated rings. The summed E-state index contributed by atoms with van der Waals surface area (Å²) in [5, 5.41) is 0. The van der Waals surface area contributed by atoms with Crippen LogP contribution in [0.5, 0.6) is 0 Å². The summed E-state index contributed by atoms with van der Waals surface area (Å²) < 4.78 is 5.31. The molecule has 0 heterocycles. The van der Waals surface area contributed by atoms with Crippen LogP contribution in [-0.4, -0.2) is 13.2 Å². The van der Waals surface area contributed by atoms with E-state index in [0.29, 0.717) is 12.0 Å². The van der Waals surface area contributed by atoms with Crippen LogP contribution in [0.25, 0.3) is 0 Å². The number of rotatable bonds is 2. The summed E-state index contributed by atoms with van der Waals surface area (Å²) >= 11 is 0. The summed E-state index contributed by atoms with van der Waals surface area (Å²) in [4.78, 5) is 0. The van der Waals surface area contributed by atoms with Crippen LogP contribution < -0.4 is 0 Å². The van der Waals surface area contributed by atoms with E-state index in [9.17, 15) is 0 Å². The van der Waals surface area contributed by atoms with Crippen molar-refractivity contribution < 1.29 is 4.74 Å². The summed E-state index contributed by atoms with van der Waals surface area (Å²) in [6.07, 6.45) is 10.9. The summed E-state index contributed by atoms with van der Waals surface area (Å²) in [5.74, 6) is 0.652. The quantitative estimate of drug-likeness (QED) is 0.592. The van der Waals surface area contributed by atoms with Crippen molar-refractivity contribution >= 4 is 0 Å². The predicted octanol–water partition coefficient (Wildman–Crippen LogP) is 2.57. The molecule has 0 N–H and O–H groups in total. The first-order valence-corrected chi connectivity index (χ1v) is 4.43. The monoisotopic (exact) mass is 153 g/mol. The van der Waals surface area contributed by atoms with Gasteiger partial charge in [-0.1, -0.05) is 12.5 Å². The van der Waals surface area contributed by atoms with Crippen LogP contribution in [0.2, 0.25) is 0 Å². The van der Waals surface area contributed by atoms with E-state index in [2.05, 4.69) is 6.08 Å². The first-order valence-electron chi connectivity index (χ1n) is 4.43. The van der Waals surface area contributed by atoms with Crippen LogP contribution in [0.4, 0.5) is 0 Å². The van der Waals surface area contributed by atoms with E-state index in [1.54, 1.807) is 0 Å². The molecule has 0 aromatic rings. The maximum atomic E-state index is 5.31. The molecule has 1 nitrogen and oxygen atoms in total. The average molecular weight is 153 g/mol. The van der Waals surface area contributed by atoms with Crippen LogP contribution in [0, 0.1) is 12.0 Å². The predicted molar refractivity (Wildman–Crippen MR) is 46.2 cm³/mol. The van der Waals surface area contributed by atoms with Crippen molar-refractivity contribution in [2.24, 2.45) is 5.92 Å². The van der Waals surface area contributed by atoms with Crippen molar-refractivity contribution in [2.45, 2.75) is 38.7 Å². The summed E-state index contributed by atoms with van der Waals surface area (Å²) in [6, 6.07) is 0. The van der Waals surface area contributed by atoms with Gasteiger partial charge in [0, 0.05) is 7.11 Å². The molecule has 0 aromatic heterocycles. The Bertz CT molecular complexity index is 129. The zero-order valence-corrected chi connectivity index (χ0v) is 7.47. The summed E-state index contributed by atoms with van der Waals surface area (Å²) in [7, 11) is 1.81. The molecule has 0 aromatic carbocycles. The van der Waals surface area contributed by atoms with Gasteiger partial charge in [-0.2, -0.15) is 0 Å². The molecule has 1 aliphatic carbocycles. The highest BCUT2D eigenvalue weighted by molar-refractivity contribution is 4.82. The van der Waals surface area contributed by atoms with Gasteiger partial charge in [-0.3, -0.25) is 0 Å². The highest BCUT2D eigenvalue weighted by atomic mass is 16.5. The number of hydrogen-bond acceptors (Lipinski definition) is 1. The van der Waals surface area contributed by atoms with Crippen molar-refractivity contribution in [1.82, 2.24) is 0 Å². The van der Waals surface area contributed by atoms with Gasteiger partial charge in [0.25, 0.3) is 0 Å². The van der Waals surface area contributed by atoms with Gasteiger partial charge in [-0.15, -0.1) is 0 Å². The third-order valence-electron chi connectivity index (χ3n) is 2.36. The van der Waals surface area contributed by atoms with E-state index in [-0.39, 0.29) is 0 Å². The van der Waals surface area contributed by atoms with Crippen LogP contribution in [0.15, 0.2) is 6.08 Å². The number of hydrogen-bond donors (Lipinski definition) is 0. The standard InChI is InChI=1S/C10H17O/c1-3-5-9-6-4-7-10(8-9)11-2/h3,9-10H,4,6-8H2,1-2H3. The lowest BCUT2D eigenvalue weighted by Gasteiger charge is -2.25. The highest BCUT2D eigenvalue weighted by Crippen LogP contribution is 2.26. The van der Waals surface area contributed by atoms with Gasteiger partial charge in [0.05, 0.1) is 6.10 Å². The Kier molecular flexibility index (Phi) is 3.64. The second-order valence-corrected chi connectivity index (χ2v) is 3.18. The second kappa shape index (κ2) is 4.55. The zero-order valence-electron chi connectivity index (χ0n) is 7.47. The molecule has 0 aliphatic heterocycles. The highest BCUT2D eigenvalue weighted by Gasteiger charge is 2.19. The van der Waals surface area contributed by atoms with Gasteiger partial charge < -0.3 is 4.74 Å². The maximum absolute atomic E-state index is 5.31. The number of methoxy groups -OCH3 is 1. The van der Waals surface area contributed by atoms with Gasteiger partial charge in [0.15, 0.2) is 0 Å². The fourth-order valence-corrected chi connectivity index (χ4v) is 1.75. The second-order valence-electron chi connectivity index (χ2n) is 3.18. The molecule has 1 rings (SSSR count). The van der Waals surface area contributed by atoms with Gasteiger partial charge in [0.2, 0.25) is 0 Å². The van der Waals surface area contributed by atoms with Crippen LogP contribution in [0.1, 0.15) is 32.6 Å². The third kappa shape index (κ3) is 2.66. The van der Waals surface area contributed by atoms with Crippen LogP contribution in [-0.2, 0) is 4.74 Å². The smallest absolute Gasteiger partial charge is 0.0577 e. The Morgan fingerprint density at radius 1 is 1.45 bits per heavy atom. The lowest BCUT2D eigenvalue weighted by Crippen LogP contribution is -2.20. The lowest BCUT2D eigenvalue weighted by atomic mass is 9.87. The van der Waals surface area contributed by atoms with Crippen molar-refractivity contribution in [3.05, 3.63) is 12.2 Å². The lowest BCUT2D eigenvalue weighted by molar-refractivity contribution is 0.0578. The molecule has 11 heavy (non-hydrogen) atoms. The van der Waals surface area contributed by atoms with Crippen molar-refractivity contribution in [3.8, 4) is 0 Å². The van der Waals surface area contributed by atoms with Crippen molar-refractivity contribution in [3.63, 3.8) is 0 Å². The Morgan fingerprint density at radius 2 is 2.27 bits per heavy atom. The molecule has 1 aliphatic rings.